The highest BCUT2D eigenvalue weighted by Crippen LogP contribution is 2.35. The SMILES string of the molecule is NC[C@H]1CC[C@@H](CC(=O)N2CCCN(c3ccc(F)cc3)CC2)N1CC1CC1. The second kappa shape index (κ2) is 8.78. The van der Waals surface area contributed by atoms with E-state index in [1.807, 2.05) is 17.0 Å². The zero-order valence-corrected chi connectivity index (χ0v) is 16.7. The van der Waals surface area contributed by atoms with Gasteiger partial charge in [-0.2, -0.15) is 0 Å². The number of hydrogen-bond donors (Lipinski definition) is 1. The molecule has 0 unspecified atom stereocenters. The minimum absolute atomic E-state index is 0.210. The molecule has 5 nitrogen and oxygen atoms in total. The van der Waals surface area contributed by atoms with Gasteiger partial charge in [0.15, 0.2) is 0 Å². The third kappa shape index (κ3) is 4.66. The first-order valence-electron chi connectivity index (χ1n) is 10.9. The minimum atomic E-state index is -0.210. The monoisotopic (exact) mass is 388 g/mol. The van der Waals surface area contributed by atoms with E-state index >= 15 is 0 Å². The Morgan fingerprint density at radius 3 is 2.46 bits per heavy atom. The quantitative estimate of drug-likeness (QED) is 0.813. The van der Waals surface area contributed by atoms with Gasteiger partial charge in [-0.1, -0.05) is 0 Å². The molecule has 4 rings (SSSR count). The molecule has 1 amide bonds. The summed E-state index contributed by atoms with van der Waals surface area (Å²) in [6, 6.07) is 7.48. The van der Waals surface area contributed by atoms with E-state index in [4.69, 9.17) is 5.73 Å². The van der Waals surface area contributed by atoms with Crippen molar-refractivity contribution >= 4 is 11.6 Å². The fraction of sp³-hybridized carbons (Fsp3) is 0.682. The number of carbonyl (C=O) groups excluding carboxylic acids is 1. The molecule has 0 bridgehead atoms. The van der Waals surface area contributed by atoms with Crippen LogP contribution in [-0.4, -0.2) is 67.1 Å². The van der Waals surface area contributed by atoms with Crippen LogP contribution in [-0.2, 0) is 4.79 Å². The molecular formula is C22H33FN4O. The van der Waals surface area contributed by atoms with Gasteiger partial charge in [0.25, 0.3) is 0 Å². The molecule has 1 aromatic carbocycles. The molecule has 1 aliphatic carbocycles. The second-order valence-electron chi connectivity index (χ2n) is 8.66. The summed E-state index contributed by atoms with van der Waals surface area (Å²) in [6.07, 6.45) is 6.46. The van der Waals surface area contributed by atoms with E-state index in [9.17, 15) is 9.18 Å². The summed E-state index contributed by atoms with van der Waals surface area (Å²) in [5, 5.41) is 0. The molecular weight excluding hydrogens is 355 g/mol. The molecule has 2 aliphatic heterocycles. The summed E-state index contributed by atoms with van der Waals surface area (Å²) >= 11 is 0. The van der Waals surface area contributed by atoms with E-state index in [0.717, 1.165) is 63.6 Å². The van der Waals surface area contributed by atoms with Gasteiger partial charge in [0.1, 0.15) is 5.82 Å². The van der Waals surface area contributed by atoms with Crippen LogP contribution in [0.4, 0.5) is 10.1 Å². The van der Waals surface area contributed by atoms with Gasteiger partial charge in [0.2, 0.25) is 5.91 Å². The lowest BCUT2D eigenvalue weighted by Gasteiger charge is -2.31. The standard InChI is InChI=1S/C22H33FN4O/c23-18-4-6-19(7-5-18)25-10-1-11-26(13-12-25)22(28)14-20-8-9-21(15-24)27(20)16-17-2-3-17/h4-7,17,20-21H,1-3,8-16,24H2/t20-,21+/m0/s1. The summed E-state index contributed by atoms with van der Waals surface area (Å²) in [7, 11) is 0. The fourth-order valence-corrected chi connectivity index (χ4v) is 4.79. The van der Waals surface area contributed by atoms with Crippen LogP contribution in [0.1, 0.15) is 38.5 Å². The second-order valence-corrected chi connectivity index (χ2v) is 8.66. The maximum atomic E-state index is 13.2. The number of hydrogen-bond acceptors (Lipinski definition) is 4. The van der Waals surface area contributed by atoms with E-state index in [2.05, 4.69) is 9.80 Å². The van der Waals surface area contributed by atoms with Crippen LogP contribution in [0.2, 0.25) is 0 Å². The van der Waals surface area contributed by atoms with Crippen LogP contribution in [0.3, 0.4) is 0 Å². The van der Waals surface area contributed by atoms with Gasteiger partial charge in [0, 0.05) is 63.5 Å². The lowest BCUT2D eigenvalue weighted by Crippen LogP contribution is -2.44. The van der Waals surface area contributed by atoms with Crippen molar-refractivity contribution in [3.05, 3.63) is 30.1 Å². The van der Waals surface area contributed by atoms with Gasteiger partial charge in [-0.3, -0.25) is 9.69 Å². The van der Waals surface area contributed by atoms with E-state index in [1.165, 1.54) is 25.0 Å². The summed E-state index contributed by atoms with van der Waals surface area (Å²) in [5.41, 5.74) is 7.03. The fourth-order valence-electron chi connectivity index (χ4n) is 4.79. The van der Waals surface area contributed by atoms with Gasteiger partial charge in [-0.05, 0) is 62.3 Å². The Balaban J connectivity index is 1.32. The molecule has 0 radical (unpaired) electrons. The summed E-state index contributed by atoms with van der Waals surface area (Å²) in [6.45, 7) is 5.09. The average molecular weight is 389 g/mol. The summed E-state index contributed by atoms with van der Waals surface area (Å²) in [5.74, 6) is 0.898. The summed E-state index contributed by atoms with van der Waals surface area (Å²) < 4.78 is 13.2. The zero-order valence-electron chi connectivity index (χ0n) is 16.7. The number of nitrogens with zero attached hydrogens (tertiary/aromatic N) is 3. The van der Waals surface area contributed by atoms with Crippen molar-refractivity contribution < 1.29 is 9.18 Å². The predicted molar refractivity (Wildman–Crippen MR) is 110 cm³/mol. The van der Waals surface area contributed by atoms with Crippen molar-refractivity contribution in [3.63, 3.8) is 0 Å². The van der Waals surface area contributed by atoms with Crippen molar-refractivity contribution in [2.45, 2.75) is 50.6 Å². The highest BCUT2D eigenvalue weighted by atomic mass is 19.1. The highest BCUT2D eigenvalue weighted by molar-refractivity contribution is 5.77. The molecule has 2 N–H and O–H groups in total. The molecule has 3 fully saturated rings. The lowest BCUT2D eigenvalue weighted by atomic mass is 10.1. The molecule has 28 heavy (non-hydrogen) atoms. The number of rotatable bonds is 6. The number of likely N-dealkylation sites (tertiary alicyclic amines) is 1. The van der Waals surface area contributed by atoms with Gasteiger partial charge >= 0.3 is 0 Å². The number of halogens is 1. The maximum Gasteiger partial charge on any atom is 0.224 e. The van der Waals surface area contributed by atoms with Gasteiger partial charge < -0.3 is 15.5 Å². The summed E-state index contributed by atoms with van der Waals surface area (Å²) in [4.78, 5) is 19.9. The first kappa shape index (κ1) is 19.6. The van der Waals surface area contributed by atoms with E-state index in [-0.39, 0.29) is 11.7 Å². The number of benzene rings is 1. The largest absolute Gasteiger partial charge is 0.370 e. The van der Waals surface area contributed by atoms with Crippen LogP contribution in [0.5, 0.6) is 0 Å². The normalized spacial score (nSPS) is 26.5. The maximum absolute atomic E-state index is 13.2. The van der Waals surface area contributed by atoms with Gasteiger partial charge in [-0.15, -0.1) is 0 Å². The molecule has 6 heteroatoms. The van der Waals surface area contributed by atoms with Crippen molar-refractivity contribution in [3.8, 4) is 0 Å². The molecule has 2 saturated heterocycles. The Labute approximate surface area is 167 Å². The molecule has 0 spiro atoms. The number of nitrogens with two attached hydrogens (primary N) is 1. The van der Waals surface area contributed by atoms with Crippen LogP contribution in [0.25, 0.3) is 0 Å². The van der Waals surface area contributed by atoms with E-state index in [1.54, 1.807) is 0 Å². The average Bonchev–Trinajstić information content (AvgIpc) is 3.48. The van der Waals surface area contributed by atoms with Gasteiger partial charge in [-0.25, -0.2) is 4.39 Å². The van der Waals surface area contributed by atoms with Crippen molar-refractivity contribution in [2.75, 3.05) is 44.2 Å². The van der Waals surface area contributed by atoms with Gasteiger partial charge in [0.05, 0.1) is 0 Å². The van der Waals surface area contributed by atoms with Crippen LogP contribution in [0, 0.1) is 11.7 Å². The topological polar surface area (TPSA) is 52.8 Å². The molecule has 3 aliphatic rings. The smallest absolute Gasteiger partial charge is 0.224 e. The molecule has 2 heterocycles. The number of carbonyl (C=O) groups is 1. The third-order valence-electron chi connectivity index (χ3n) is 6.66. The molecule has 154 valence electrons. The van der Waals surface area contributed by atoms with Crippen LogP contribution in [0.15, 0.2) is 24.3 Å². The van der Waals surface area contributed by atoms with Crippen molar-refractivity contribution in [1.29, 1.82) is 0 Å². The Hall–Kier alpha value is -1.66. The Bertz CT molecular complexity index is 663. The number of amides is 1. The van der Waals surface area contributed by atoms with Crippen LogP contribution >= 0.6 is 0 Å². The van der Waals surface area contributed by atoms with E-state index in [0.29, 0.717) is 25.0 Å². The lowest BCUT2D eigenvalue weighted by molar-refractivity contribution is -0.132. The first-order valence-corrected chi connectivity index (χ1v) is 10.9. The van der Waals surface area contributed by atoms with E-state index < -0.39 is 0 Å². The van der Waals surface area contributed by atoms with Crippen molar-refractivity contribution in [1.82, 2.24) is 9.80 Å². The predicted octanol–water partition coefficient (Wildman–Crippen LogP) is 2.46. The minimum Gasteiger partial charge on any atom is -0.370 e. The molecule has 1 aromatic rings. The zero-order chi connectivity index (χ0) is 19.5. The Morgan fingerprint density at radius 2 is 1.75 bits per heavy atom. The first-order chi connectivity index (χ1) is 13.6. The Morgan fingerprint density at radius 1 is 1.00 bits per heavy atom. The third-order valence-corrected chi connectivity index (χ3v) is 6.66. The van der Waals surface area contributed by atoms with Crippen molar-refractivity contribution in [2.24, 2.45) is 11.7 Å². The molecule has 1 saturated carbocycles. The van der Waals surface area contributed by atoms with Crippen LogP contribution < -0.4 is 10.6 Å². The number of anilines is 1. The molecule has 2 atom stereocenters. The highest BCUT2D eigenvalue weighted by Gasteiger charge is 2.38. The molecule has 0 aromatic heterocycles. The Kier molecular flexibility index (Phi) is 6.16.